The maximum atomic E-state index is 13.1. The van der Waals surface area contributed by atoms with Crippen LogP contribution < -0.4 is 5.32 Å². The molecule has 0 aliphatic carbocycles. The highest BCUT2D eigenvalue weighted by atomic mass is 32.2. The summed E-state index contributed by atoms with van der Waals surface area (Å²) >= 11 is 0. The van der Waals surface area contributed by atoms with Crippen LogP contribution >= 0.6 is 0 Å². The van der Waals surface area contributed by atoms with Crippen LogP contribution in [0.4, 0.5) is 10.1 Å². The zero-order chi connectivity index (χ0) is 14.9. The molecular formula is C11H14FN3O4S. The van der Waals surface area contributed by atoms with Crippen LogP contribution in [0, 0.1) is 15.9 Å². The molecule has 1 atom stereocenters. The summed E-state index contributed by atoms with van der Waals surface area (Å²) in [5.74, 6) is -0.844. The Morgan fingerprint density at radius 3 is 2.80 bits per heavy atom. The number of halogens is 1. The average Bonchev–Trinajstić information content (AvgIpc) is 2.38. The Bertz CT molecular complexity index is 635. The van der Waals surface area contributed by atoms with E-state index in [1.54, 1.807) is 6.92 Å². The number of nitro benzene ring substituents is 1. The molecule has 0 amide bonds. The van der Waals surface area contributed by atoms with Crippen LogP contribution in [0.15, 0.2) is 23.1 Å². The van der Waals surface area contributed by atoms with Gasteiger partial charge in [-0.05, 0) is 19.1 Å². The van der Waals surface area contributed by atoms with Crippen LogP contribution in [0.5, 0.6) is 0 Å². The molecule has 1 aromatic rings. The first kappa shape index (κ1) is 14.8. The molecule has 1 N–H and O–H groups in total. The monoisotopic (exact) mass is 303 g/mol. The molecule has 1 saturated heterocycles. The van der Waals surface area contributed by atoms with Gasteiger partial charge in [-0.1, -0.05) is 0 Å². The number of rotatable bonds is 3. The van der Waals surface area contributed by atoms with Crippen LogP contribution in [-0.2, 0) is 10.0 Å². The molecule has 0 aromatic heterocycles. The van der Waals surface area contributed by atoms with E-state index in [0.29, 0.717) is 19.2 Å². The maximum Gasteiger partial charge on any atom is 0.292 e. The lowest BCUT2D eigenvalue weighted by atomic mass is 10.3. The van der Waals surface area contributed by atoms with Crippen molar-refractivity contribution in [3.05, 3.63) is 34.1 Å². The van der Waals surface area contributed by atoms with E-state index in [1.807, 2.05) is 0 Å². The third-order valence-electron chi connectivity index (χ3n) is 3.14. The number of nitrogens with zero attached hydrogens (tertiary/aromatic N) is 2. The van der Waals surface area contributed by atoms with Crippen molar-refractivity contribution in [2.24, 2.45) is 0 Å². The SMILES string of the molecule is C[C@H]1CNCCN1S(=O)(=O)c1ccc(F)cc1[N+](=O)[O-]. The quantitative estimate of drug-likeness (QED) is 0.656. The molecule has 9 heteroatoms. The van der Waals surface area contributed by atoms with Crippen molar-refractivity contribution in [2.45, 2.75) is 17.9 Å². The van der Waals surface area contributed by atoms with E-state index in [0.717, 1.165) is 12.1 Å². The molecule has 1 heterocycles. The van der Waals surface area contributed by atoms with Gasteiger partial charge < -0.3 is 5.32 Å². The van der Waals surface area contributed by atoms with E-state index in [4.69, 9.17) is 0 Å². The van der Waals surface area contributed by atoms with Gasteiger partial charge >= 0.3 is 0 Å². The molecule has 2 rings (SSSR count). The molecule has 0 bridgehead atoms. The van der Waals surface area contributed by atoms with Crippen LogP contribution in [0.25, 0.3) is 0 Å². The highest BCUT2D eigenvalue weighted by Gasteiger charge is 2.35. The van der Waals surface area contributed by atoms with Crippen molar-refractivity contribution in [1.82, 2.24) is 9.62 Å². The second-order valence-corrected chi connectivity index (χ2v) is 6.40. The van der Waals surface area contributed by atoms with Crippen LogP contribution in [-0.4, -0.2) is 43.3 Å². The van der Waals surface area contributed by atoms with Gasteiger partial charge in [0.05, 0.1) is 11.0 Å². The van der Waals surface area contributed by atoms with Crippen molar-refractivity contribution in [2.75, 3.05) is 19.6 Å². The van der Waals surface area contributed by atoms with E-state index in [1.165, 1.54) is 4.31 Å². The first-order chi connectivity index (χ1) is 9.34. The van der Waals surface area contributed by atoms with E-state index >= 15 is 0 Å². The molecule has 110 valence electrons. The number of piperazine rings is 1. The smallest absolute Gasteiger partial charge is 0.292 e. The Kier molecular flexibility index (Phi) is 4.02. The Morgan fingerprint density at radius 2 is 2.20 bits per heavy atom. The van der Waals surface area contributed by atoms with Crippen molar-refractivity contribution < 1.29 is 17.7 Å². The summed E-state index contributed by atoms with van der Waals surface area (Å²) < 4.78 is 39.3. The van der Waals surface area contributed by atoms with Gasteiger partial charge in [0.1, 0.15) is 5.82 Å². The number of nitro groups is 1. The van der Waals surface area contributed by atoms with Gasteiger partial charge in [0.25, 0.3) is 5.69 Å². The molecule has 1 aliphatic heterocycles. The predicted octanol–water partition coefficient (Wildman–Crippen LogP) is 0.716. The number of benzene rings is 1. The Labute approximate surface area is 115 Å². The molecule has 1 aliphatic rings. The number of nitrogens with one attached hydrogen (secondary N) is 1. The molecule has 0 radical (unpaired) electrons. The van der Waals surface area contributed by atoms with E-state index in [2.05, 4.69) is 5.32 Å². The molecule has 0 spiro atoms. The summed E-state index contributed by atoms with van der Waals surface area (Å²) in [6.45, 7) is 2.86. The van der Waals surface area contributed by atoms with E-state index < -0.39 is 31.3 Å². The lowest BCUT2D eigenvalue weighted by Crippen LogP contribution is -2.52. The minimum absolute atomic E-state index is 0.220. The highest BCUT2D eigenvalue weighted by Crippen LogP contribution is 2.28. The second kappa shape index (κ2) is 5.43. The van der Waals surface area contributed by atoms with Gasteiger partial charge in [-0.3, -0.25) is 10.1 Å². The lowest BCUT2D eigenvalue weighted by Gasteiger charge is -2.32. The minimum Gasteiger partial charge on any atom is -0.314 e. The Morgan fingerprint density at radius 1 is 1.50 bits per heavy atom. The summed E-state index contributed by atoms with van der Waals surface area (Å²) in [6.07, 6.45) is 0. The highest BCUT2D eigenvalue weighted by molar-refractivity contribution is 7.89. The van der Waals surface area contributed by atoms with Gasteiger partial charge in [-0.2, -0.15) is 4.31 Å². The summed E-state index contributed by atoms with van der Waals surface area (Å²) in [7, 11) is -4.02. The fourth-order valence-corrected chi connectivity index (χ4v) is 3.93. The first-order valence-corrected chi connectivity index (χ1v) is 7.44. The van der Waals surface area contributed by atoms with Crippen molar-refractivity contribution in [1.29, 1.82) is 0 Å². The molecule has 0 unspecified atom stereocenters. The molecular weight excluding hydrogens is 289 g/mol. The van der Waals surface area contributed by atoms with Gasteiger partial charge in [0.2, 0.25) is 10.0 Å². The normalized spacial score (nSPS) is 20.8. The van der Waals surface area contributed by atoms with E-state index in [9.17, 15) is 22.9 Å². The van der Waals surface area contributed by atoms with E-state index in [-0.39, 0.29) is 12.6 Å². The maximum absolute atomic E-state index is 13.1. The van der Waals surface area contributed by atoms with Gasteiger partial charge in [0, 0.05) is 25.7 Å². The predicted molar refractivity (Wildman–Crippen MR) is 69.3 cm³/mol. The second-order valence-electron chi connectivity index (χ2n) is 4.54. The van der Waals surface area contributed by atoms with Crippen LogP contribution in [0.1, 0.15) is 6.92 Å². The fraction of sp³-hybridized carbons (Fsp3) is 0.455. The average molecular weight is 303 g/mol. The van der Waals surface area contributed by atoms with Gasteiger partial charge in [0.15, 0.2) is 4.90 Å². The standard InChI is InChI=1S/C11H14FN3O4S/c1-8-7-13-4-5-14(8)20(18,19)11-3-2-9(12)6-10(11)15(16)17/h2-3,6,8,13H,4-5,7H2,1H3/t8-/m0/s1. The Balaban J connectivity index is 2.51. The number of hydrogen-bond donors (Lipinski definition) is 1. The van der Waals surface area contributed by atoms with Gasteiger partial charge in [-0.25, -0.2) is 12.8 Å². The Hall–Kier alpha value is -1.58. The summed E-state index contributed by atoms with van der Waals surface area (Å²) in [5.41, 5.74) is -0.740. The first-order valence-electron chi connectivity index (χ1n) is 6.00. The van der Waals surface area contributed by atoms with Crippen LogP contribution in [0.3, 0.4) is 0 Å². The topological polar surface area (TPSA) is 92.6 Å². The van der Waals surface area contributed by atoms with Crippen molar-refractivity contribution in [3.8, 4) is 0 Å². The van der Waals surface area contributed by atoms with Gasteiger partial charge in [-0.15, -0.1) is 0 Å². The molecule has 20 heavy (non-hydrogen) atoms. The van der Waals surface area contributed by atoms with Crippen molar-refractivity contribution in [3.63, 3.8) is 0 Å². The fourth-order valence-electron chi connectivity index (χ4n) is 2.16. The minimum atomic E-state index is -4.02. The molecule has 1 fully saturated rings. The summed E-state index contributed by atoms with van der Waals surface area (Å²) in [4.78, 5) is 9.57. The zero-order valence-corrected chi connectivity index (χ0v) is 11.6. The lowest BCUT2D eigenvalue weighted by molar-refractivity contribution is -0.388. The molecule has 0 saturated carbocycles. The third-order valence-corrected chi connectivity index (χ3v) is 5.21. The zero-order valence-electron chi connectivity index (χ0n) is 10.7. The third kappa shape index (κ3) is 2.65. The van der Waals surface area contributed by atoms with Crippen molar-refractivity contribution >= 4 is 15.7 Å². The largest absolute Gasteiger partial charge is 0.314 e. The molecule has 1 aromatic carbocycles. The summed E-state index contributed by atoms with van der Waals surface area (Å²) in [6, 6.07) is 2.16. The van der Waals surface area contributed by atoms with Crippen LogP contribution in [0.2, 0.25) is 0 Å². The number of sulfonamides is 1. The molecule has 7 nitrogen and oxygen atoms in total. The summed E-state index contributed by atoms with van der Waals surface area (Å²) in [5, 5.41) is 14.0. The number of hydrogen-bond acceptors (Lipinski definition) is 5.